The smallest absolute Gasteiger partial charge is 0.274 e. The first kappa shape index (κ1) is 18.1. The highest BCUT2D eigenvalue weighted by atomic mass is 35.5. The summed E-state index contributed by atoms with van der Waals surface area (Å²) < 4.78 is 13.7. The summed E-state index contributed by atoms with van der Waals surface area (Å²) in [6.45, 7) is 1.72. The highest BCUT2D eigenvalue weighted by Gasteiger charge is 2.13. The molecule has 0 bridgehead atoms. The molecule has 2 N–H and O–H groups in total. The third kappa shape index (κ3) is 4.47. The molecule has 3 rings (SSSR count). The third-order valence-corrected chi connectivity index (χ3v) is 3.76. The van der Waals surface area contributed by atoms with Crippen LogP contribution in [0.4, 0.5) is 21.7 Å². The van der Waals surface area contributed by atoms with Gasteiger partial charge in [-0.05, 0) is 43.3 Å². The Balaban J connectivity index is 1.85. The highest BCUT2D eigenvalue weighted by Crippen LogP contribution is 2.24. The molecule has 3 aromatic rings. The monoisotopic (exact) mass is 390 g/mol. The average Bonchev–Trinajstić information content (AvgIpc) is 2.55. The van der Waals surface area contributed by atoms with Crippen LogP contribution in [-0.2, 0) is 0 Å². The molecule has 5 nitrogen and oxygen atoms in total. The van der Waals surface area contributed by atoms with Crippen LogP contribution in [-0.4, -0.2) is 15.9 Å². The van der Waals surface area contributed by atoms with Crippen LogP contribution >= 0.6 is 23.2 Å². The summed E-state index contributed by atoms with van der Waals surface area (Å²) in [6, 6.07) is 12.3. The number of carbonyl (C=O) groups is 1. The van der Waals surface area contributed by atoms with E-state index in [2.05, 4.69) is 20.6 Å². The molecule has 8 heteroatoms. The minimum Gasteiger partial charge on any atom is -0.324 e. The summed E-state index contributed by atoms with van der Waals surface area (Å²) in [5, 5.41) is 6.34. The largest absolute Gasteiger partial charge is 0.324 e. The highest BCUT2D eigenvalue weighted by molar-refractivity contribution is 6.35. The second kappa shape index (κ2) is 7.68. The van der Waals surface area contributed by atoms with Gasteiger partial charge in [0, 0.05) is 21.4 Å². The number of nitrogens with zero attached hydrogens (tertiary/aromatic N) is 2. The van der Waals surface area contributed by atoms with Gasteiger partial charge in [0.05, 0.1) is 5.69 Å². The van der Waals surface area contributed by atoms with Crippen molar-refractivity contribution < 1.29 is 9.18 Å². The molecule has 0 saturated carbocycles. The second-order valence-electron chi connectivity index (χ2n) is 5.44. The molecule has 0 fully saturated rings. The number of rotatable bonds is 4. The van der Waals surface area contributed by atoms with Gasteiger partial charge in [0.2, 0.25) is 5.95 Å². The Kier molecular flexibility index (Phi) is 5.35. The number of carbonyl (C=O) groups excluding carboxylic acids is 1. The van der Waals surface area contributed by atoms with E-state index < -0.39 is 11.7 Å². The van der Waals surface area contributed by atoms with E-state index in [-0.39, 0.29) is 17.3 Å². The molecule has 0 radical (unpaired) electrons. The molecule has 132 valence electrons. The second-order valence-corrected chi connectivity index (χ2v) is 6.31. The van der Waals surface area contributed by atoms with Crippen LogP contribution in [0.2, 0.25) is 10.0 Å². The van der Waals surface area contributed by atoms with Gasteiger partial charge in [-0.2, -0.15) is 0 Å². The molecule has 26 heavy (non-hydrogen) atoms. The molecule has 0 saturated heterocycles. The van der Waals surface area contributed by atoms with Crippen LogP contribution in [0.3, 0.4) is 0 Å². The van der Waals surface area contributed by atoms with E-state index in [1.807, 2.05) is 0 Å². The van der Waals surface area contributed by atoms with E-state index in [4.69, 9.17) is 23.2 Å². The van der Waals surface area contributed by atoms with Crippen LogP contribution < -0.4 is 10.6 Å². The molecular formula is C18H13Cl2FN4O. The molecule has 0 aliphatic carbocycles. The molecule has 1 amide bonds. The Labute approximate surface area is 159 Å². The van der Waals surface area contributed by atoms with E-state index in [1.54, 1.807) is 31.2 Å². The van der Waals surface area contributed by atoms with E-state index in [0.717, 1.165) is 0 Å². The van der Waals surface area contributed by atoms with Gasteiger partial charge in [-0.3, -0.25) is 4.79 Å². The SMILES string of the molecule is Cc1cc(C(=O)Nc2ccccc2F)nc(Nc2cc(Cl)cc(Cl)c2)n1. The van der Waals surface area contributed by atoms with Gasteiger partial charge in [-0.25, -0.2) is 14.4 Å². The van der Waals surface area contributed by atoms with Crippen molar-refractivity contribution >= 4 is 46.4 Å². The van der Waals surface area contributed by atoms with Gasteiger partial charge in [-0.1, -0.05) is 35.3 Å². The van der Waals surface area contributed by atoms with Gasteiger partial charge in [0.25, 0.3) is 5.91 Å². The summed E-state index contributed by atoms with van der Waals surface area (Å²) in [7, 11) is 0. The van der Waals surface area contributed by atoms with Gasteiger partial charge >= 0.3 is 0 Å². The number of nitrogens with one attached hydrogen (secondary N) is 2. The predicted molar refractivity (Wildman–Crippen MR) is 101 cm³/mol. The number of hydrogen-bond acceptors (Lipinski definition) is 4. The number of hydrogen-bond donors (Lipinski definition) is 2. The predicted octanol–water partition coefficient (Wildman–Crippen LogP) is 5.23. The maximum Gasteiger partial charge on any atom is 0.274 e. The van der Waals surface area contributed by atoms with Crippen molar-refractivity contribution in [2.24, 2.45) is 0 Å². The van der Waals surface area contributed by atoms with E-state index in [1.165, 1.54) is 24.3 Å². The summed E-state index contributed by atoms with van der Waals surface area (Å²) in [6.07, 6.45) is 0. The van der Waals surface area contributed by atoms with Crippen molar-refractivity contribution in [2.75, 3.05) is 10.6 Å². The first-order chi connectivity index (χ1) is 12.4. The van der Waals surface area contributed by atoms with Crippen LogP contribution in [0.1, 0.15) is 16.2 Å². The van der Waals surface area contributed by atoms with Gasteiger partial charge < -0.3 is 10.6 Å². The summed E-state index contributed by atoms with van der Waals surface area (Å²) >= 11 is 11.9. The zero-order valence-electron chi connectivity index (χ0n) is 13.6. The molecule has 1 aromatic heterocycles. The van der Waals surface area contributed by atoms with Crippen LogP contribution in [0.5, 0.6) is 0 Å². The fraction of sp³-hybridized carbons (Fsp3) is 0.0556. The number of benzene rings is 2. The lowest BCUT2D eigenvalue weighted by molar-refractivity contribution is 0.102. The first-order valence-corrected chi connectivity index (χ1v) is 8.31. The number of amides is 1. The number of para-hydroxylation sites is 1. The molecule has 0 aliphatic heterocycles. The quantitative estimate of drug-likeness (QED) is 0.640. The third-order valence-electron chi connectivity index (χ3n) is 3.33. The number of aromatic nitrogens is 2. The Hall–Kier alpha value is -2.70. The zero-order valence-corrected chi connectivity index (χ0v) is 15.1. The molecule has 1 heterocycles. The number of aryl methyl sites for hydroxylation is 1. The molecular weight excluding hydrogens is 378 g/mol. The summed E-state index contributed by atoms with van der Waals surface area (Å²) in [5.74, 6) is -0.881. The molecule has 0 spiro atoms. The molecule has 2 aromatic carbocycles. The Bertz CT molecular complexity index is 961. The minimum absolute atomic E-state index is 0.0740. The van der Waals surface area contributed by atoms with E-state index >= 15 is 0 Å². The Morgan fingerprint density at radius 3 is 2.42 bits per heavy atom. The maximum atomic E-state index is 13.7. The standard InChI is InChI=1S/C18H13Cl2FN4O/c1-10-6-16(17(26)24-15-5-3-2-4-14(15)21)25-18(22-10)23-13-8-11(19)7-12(20)9-13/h2-9H,1H3,(H,24,26)(H,22,23,25). The topological polar surface area (TPSA) is 66.9 Å². The van der Waals surface area contributed by atoms with Crippen LogP contribution in [0.25, 0.3) is 0 Å². The van der Waals surface area contributed by atoms with Crippen molar-refractivity contribution in [3.63, 3.8) is 0 Å². The minimum atomic E-state index is -0.548. The van der Waals surface area contributed by atoms with Crippen molar-refractivity contribution in [3.05, 3.63) is 75.8 Å². The average molecular weight is 391 g/mol. The Morgan fingerprint density at radius 1 is 1.04 bits per heavy atom. The molecule has 0 atom stereocenters. The van der Waals surface area contributed by atoms with Crippen LogP contribution in [0.15, 0.2) is 48.5 Å². The van der Waals surface area contributed by atoms with Crippen molar-refractivity contribution in [1.82, 2.24) is 9.97 Å². The van der Waals surface area contributed by atoms with Gasteiger partial charge in [-0.15, -0.1) is 0 Å². The summed E-state index contributed by atoms with van der Waals surface area (Å²) in [4.78, 5) is 20.8. The maximum absolute atomic E-state index is 13.7. The van der Waals surface area contributed by atoms with Crippen molar-refractivity contribution in [2.45, 2.75) is 6.92 Å². The van der Waals surface area contributed by atoms with Crippen LogP contribution in [0, 0.1) is 12.7 Å². The van der Waals surface area contributed by atoms with Gasteiger partial charge in [0.15, 0.2) is 0 Å². The lowest BCUT2D eigenvalue weighted by Crippen LogP contribution is -2.16. The summed E-state index contributed by atoms with van der Waals surface area (Å²) in [5.41, 5.74) is 1.31. The molecule has 0 unspecified atom stereocenters. The first-order valence-electron chi connectivity index (χ1n) is 7.55. The lowest BCUT2D eigenvalue weighted by Gasteiger charge is -2.10. The Morgan fingerprint density at radius 2 is 1.73 bits per heavy atom. The van der Waals surface area contributed by atoms with Crippen molar-refractivity contribution in [1.29, 1.82) is 0 Å². The van der Waals surface area contributed by atoms with Gasteiger partial charge in [0.1, 0.15) is 11.5 Å². The van der Waals surface area contributed by atoms with E-state index in [0.29, 0.717) is 21.4 Å². The van der Waals surface area contributed by atoms with E-state index in [9.17, 15) is 9.18 Å². The number of halogens is 3. The fourth-order valence-corrected chi connectivity index (χ4v) is 2.77. The molecule has 0 aliphatic rings. The lowest BCUT2D eigenvalue weighted by atomic mass is 10.2. The fourth-order valence-electron chi connectivity index (χ4n) is 2.24. The van der Waals surface area contributed by atoms with Crippen molar-refractivity contribution in [3.8, 4) is 0 Å². The normalized spacial score (nSPS) is 10.5. The zero-order chi connectivity index (χ0) is 18.7. The number of anilines is 3.